The lowest BCUT2D eigenvalue weighted by molar-refractivity contribution is 0.0378. The molecule has 0 saturated heterocycles. The van der Waals surface area contributed by atoms with Crippen molar-refractivity contribution in [2.24, 2.45) is 4.99 Å². The van der Waals surface area contributed by atoms with Gasteiger partial charge in [0, 0.05) is 12.1 Å². The Bertz CT molecular complexity index is 701. The zero-order valence-electron chi connectivity index (χ0n) is 14.7. The Morgan fingerprint density at radius 3 is 2.56 bits per heavy atom. The third-order valence-corrected chi connectivity index (χ3v) is 3.58. The van der Waals surface area contributed by atoms with Crippen molar-refractivity contribution in [1.29, 1.82) is 0 Å². The number of furan rings is 1. The predicted octanol–water partition coefficient (Wildman–Crippen LogP) is 3.31. The fourth-order valence-electron chi connectivity index (χ4n) is 2.20. The molecule has 1 heterocycles. The molecule has 0 fully saturated rings. The van der Waals surface area contributed by atoms with Gasteiger partial charge in [-0.05, 0) is 39.0 Å². The molecule has 138 valence electrons. The van der Waals surface area contributed by atoms with E-state index < -0.39 is 5.60 Å². The zero-order valence-corrected chi connectivity index (χ0v) is 17.0. The Morgan fingerprint density at radius 1 is 1.24 bits per heavy atom. The van der Waals surface area contributed by atoms with Crippen LogP contribution in [0.15, 0.2) is 45.8 Å². The van der Waals surface area contributed by atoms with E-state index >= 15 is 0 Å². The molecule has 25 heavy (non-hydrogen) atoms. The van der Waals surface area contributed by atoms with Gasteiger partial charge in [-0.1, -0.05) is 18.2 Å². The number of hydrogen-bond acceptors (Lipinski definition) is 3. The zero-order chi connectivity index (χ0) is 17.6. The first-order chi connectivity index (χ1) is 11.4. The van der Waals surface area contributed by atoms with Crippen molar-refractivity contribution in [2.75, 3.05) is 13.1 Å². The molecule has 1 atom stereocenters. The van der Waals surface area contributed by atoms with Crippen molar-refractivity contribution in [1.82, 2.24) is 10.6 Å². The summed E-state index contributed by atoms with van der Waals surface area (Å²) in [5, 5.41) is 16.7. The van der Waals surface area contributed by atoms with Crippen LogP contribution in [0.3, 0.4) is 0 Å². The Labute approximate surface area is 164 Å². The number of aryl methyl sites for hydroxylation is 1. The van der Waals surface area contributed by atoms with Gasteiger partial charge in [0.25, 0.3) is 0 Å². The van der Waals surface area contributed by atoms with Crippen LogP contribution in [0.25, 0.3) is 0 Å². The molecule has 0 aliphatic heterocycles. The number of hydrogen-bond donors (Lipinski definition) is 3. The SMILES string of the molecule is CCNC(=NCc1ccccc1F)NCC(C)(O)c1ccc(C)o1.I. The number of aliphatic hydroxyl groups is 1. The second-order valence-electron chi connectivity index (χ2n) is 5.82. The summed E-state index contributed by atoms with van der Waals surface area (Å²) in [5.41, 5.74) is -0.661. The van der Waals surface area contributed by atoms with Gasteiger partial charge >= 0.3 is 0 Å². The fraction of sp³-hybridized carbons (Fsp3) is 0.389. The molecule has 7 heteroatoms. The summed E-state index contributed by atoms with van der Waals surface area (Å²) in [4.78, 5) is 4.36. The molecule has 0 saturated carbocycles. The molecule has 0 aliphatic rings. The third kappa shape index (κ3) is 6.32. The van der Waals surface area contributed by atoms with Crippen molar-refractivity contribution in [3.63, 3.8) is 0 Å². The van der Waals surface area contributed by atoms with Crippen molar-refractivity contribution in [2.45, 2.75) is 32.9 Å². The predicted molar refractivity (Wildman–Crippen MR) is 108 cm³/mol. The van der Waals surface area contributed by atoms with Gasteiger partial charge in [-0.25, -0.2) is 9.38 Å². The average molecular weight is 461 g/mol. The van der Waals surface area contributed by atoms with Crippen molar-refractivity contribution in [3.8, 4) is 0 Å². The highest BCUT2D eigenvalue weighted by Gasteiger charge is 2.27. The highest BCUT2D eigenvalue weighted by molar-refractivity contribution is 14.0. The summed E-state index contributed by atoms with van der Waals surface area (Å²) in [6, 6.07) is 10.1. The molecule has 1 aromatic heterocycles. The maximum absolute atomic E-state index is 13.7. The monoisotopic (exact) mass is 461 g/mol. The van der Waals surface area contributed by atoms with Gasteiger partial charge in [0.2, 0.25) is 0 Å². The van der Waals surface area contributed by atoms with Gasteiger partial charge in [0.05, 0.1) is 13.1 Å². The van der Waals surface area contributed by atoms with E-state index in [9.17, 15) is 9.50 Å². The maximum atomic E-state index is 13.7. The summed E-state index contributed by atoms with van der Waals surface area (Å²) >= 11 is 0. The molecule has 2 aromatic rings. The molecule has 3 N–H and O–H groups in total. The lowest BCUT2D eigenvalue weighted by Crippen LogP contribution is -2.44. The van der Waals surface area contributed by atoms with E-state index in [-0.39, 0.29) is 42.9 Å². The first kappa shape index (κ1) is 21.4. The van der Waals surface area contributed by atoms with Gasteiger partial charge in [-0.3, -0.25) is 0 Å². The van der Waals surface area contributed by atoms with Crippen molar-refractivity contribution < 1.29 is 13.9 Å². The van der Waals surface area contributed by atoms with E-state index in [2.05, 4.69) is 15.6 Å². The number of halogens is 2. The lowest BCUT2D eigenvalue weighted by Gasteiger charge is -2.22. The second-order valence-corrected chi connectivity index (χ2v) is 5.82. The van der Waals surface area contributed by atoms with E-state index in [0.29, 0.717) is 23.8 Å². The topological polar surface area (TPSA) is 69.8 Å². The smallest absolute Gasteiger partial charge is 0.191 e. The minimum atomic E-state index is -1.18. The van der Waals surface area contributed by atoms with Crippen LogP contribution >= 0.6 is 24.0 Å². The van der Waals surface area contributed by atoms with Crippen molar-refractivity contribution in [3.05, 3.63) is 59.3 Å². The summed E-state index contributed by atoms with van der Waals surface area (Å²) in [5.74, 6) is 1.45. The number of guanidine groups is 1. The lowest BCUT2D eigenvalue weighted by atomic mass is 10.0. The molecule has 0 radical (unpaired) electrons. The Balaban J connectivity index is 0.00000312. The van der Waals surface area contributed by atoms with E-state index in [0.717, 1.165) is 5.76 Å². The van der Waals surface area contributed by atoms with Gasteiger partial charge < -0.3 is 20.2 Å². The molecular weight excluding hydrogens is 436 g/mol. The van der Waals surface area contributed by atoms with Gasteiger partial charge in [0.1, 0.15) is 22.9 Å². The molecule has 1 unspecified atom stereocenters. The fourth-order valence-corrected chi connectivity index (χ4v) is 2.20. The number of nitrogens with zero attached hydrogens (tertiary/aromatic N) is 1. The largest absolute Gasteiger partial charge is 0.463 e. The van der Waals surface area contributed by atoms with E-state index in [1.165, 1.54) is 6.07 Å². The number of rotatable bonds is 6. The van der Waals surface area contributed by atoms with E-state index in [4.69, 9.17) is 4.42 Å². The van der Waals surface area contributed by atoms with Crippen LogP contribution in [0.5, 0.6) is 0 Å². The molecule has 1 aromatic carbocycles. The van der Waals surface area contributed by atoms with Crippen molar-refractivity contribution >= 4 is 29.9 Å². The first-order valence-electron chi connectivity index (χ1n) is 7.97. The van der Waals surface area contributed by atoms with Crippen LogP contribution < -0.4 is 10.6 Å². The quantitative estimate of drug-likeness (QED) is 0.351. The van der Waals surface area contributed by atoms with Gasteiger partial charge in [-0.2, -0.15) is 0 Å². The van der Waals surface area contributed by atoms with Crippen LogP contribution in [0, 0.1) is 12.7 Å². The molecule has 0 bridgehead atoms. The summed E-state index contributed by atoms with van der Waals surface area (Å²) in [6.07, 6.45) is 0. The number of benzene rings is 1. The first-order valence-corrected chi connectivity index (χ1v) is 7.97. The average Bonchev–Trinajstić information content (AvgIpc) is 2.99. The third-order valence-electron chi connectivity index (χ3n) is 3.58. The van der Waals surface area contributed by atoms with Crippen LogP contribution in [-0.2, 0) is 12.1 Å². The molecule has 0 amide bonds. The Morgan fingerprint density at radius 2 is 1.96 bits per heavy atom. The highest BCUT2D eigenvalue weighted by atomic mass is 127. The van der Waals surface area contributed by atoms with E-state index in [1.54, 1.807) is 37.3 Å². The maximum Gasteiger partial charge on any atom is 0.191 e. The molecule has 5 nitrogen and oxygen atoms in total. The van der Waals surface area contributed by atoms with Crippen LogP contribution in [0.4, 0.5) is 4.39 Å². The summed E-state index contributed by atoms with van der Waals surface area (Å²) in [7, 11) is 0. The molecule has 0 spiro atoms. The summed E-state index contributed by atoms with van der Waals surface area (Å²) < 4.78 is 19.1. The number of nitrogens with one attached hydrogen (secondary N) is 2. The van der Waals surface area contributed by atoms with Crippen LogP contribution in [0.2, 0.25) is 0 Å². The summed E-state index contributed by atoms with van der Waals surface area (Å²) in [6.45, 7) is 6.51. The second kappa shape index (κ2) is 9.76. The van der Waals surface area contributed by atoms with Crippen LogP contribution in [0.1, 0.15) is 30.9 Å². The highest BCUT2D eigenvalue weighted by Crippen LogP contribution is 2.21. The molecule has 2 rings (SSSR count). The van der Waals surface area contributed by atoms with Gasteiger partial charge in [0.15, 0.2) is 5.96 Å². The van der Waals surface area contributed by atoms with E-state index in [1.807, 2.05) is 13.8 Å². The normalized spacial score (nSPS) is 13.7. The Kier molecular flexibility index (Phi) is 8.37. The standard InChI is InChI=1S/C18H24FN3O2.HI/c1-4-20-17(21-11-14-7-5-6-8-15(14)19)22-12-18(3,23)16-10-9-13(2)24-16;/h5-10,23H,4,11-12H2,1-3H3,(H2,20,21,22);1H. The number of aliphatic imine (C=N–C) groups is 1. The Hall–Kier alpha value is -1.61. The molecular formula is C18H25FIN3O2. The molecule has 0 aliphatic carbocycles. The van der Waals surface area contributed by atoms with Crippen LogP contribution in [-0.4, -0.2) is 24.2 Å². The minimum absolute atomic E-state index is 0. The minimum Gasteiger partial charge on any atom is -0.463 e. The van der Waals surface area contributed by atoms with Gasteiger partial charge in [-0.15, -0.1) is 24.0 Å².